The summed E-state index contributed by atoms with van der Waals surface area (Å²) in [5, 5.41) is 12.0. The molecule has 0 saturated carbocycles. The first kappa shape index (κ1) is 89.7. The Bertz CT molecular complexity index is 2060. The highest BCUT2D eigenvalue weighted by atomic mass is 31.2. The number of carbonyl (C=O) groups excluding carboxylic acids is 4. The standard InChI is InChI=1S/C76H135O20P/c1-10-17-21-25-28-31-32-33-34-35-36-38-40-44-48-52-66(78)93-73-71(86-58-53-63(84-9)51-47-42-24-20-13-4)69(96-97(82,89-55-15-6)90-56-16-7)64(60-83-8)92-75(73)88-61-65-68(95-76(81)87-54-14-5)70(85-57-49-45-41-30-27-23-19-12-3)72(74(80)91-65)94-67(79)59-62(77)50-46-43-39-37-29-26-22-18-11-2/h14-16,31-32,63-65,68-75,80H,5-7,10-13,17-30,33-61H2,1-4,8-9H3/t63-,64-,65-,68-,69-,70+,71+,72-,73-,74?,75-/m1/s1. The van der Waals surface area contributed by atoms with Gasteiger partial charge in [-0.3, -0.25) is 28.0 Å². The molecule has 0 spiro atoms. The van der Waals surface area contributed by atoms with Gasteiger partial charge in [0, 0.05) is 40.3 Å². The van der Waals surface area contributed by atoms with Crippen molar-refractivity contribution in [1.29, 1.82) is 0 Å². The maximum atomic E-state index is 14.7. The summed E-state index contributed by atoms with van der Waals surface area (Å²) in [6, 6.07) is 0. The lowest BCUT2D eigenvalue weighted by molar-refractivity contribution is -0.332. The molecule has 97 heavy (non-hydrogen) atoms. The maximum absolute atomic E-state index is 14.7. The molecule has 2 aliphatic rings. The fourth-order valence-corrected chi connectivity index (χ4v) is 13.3. The lowest BCUT2D eigenvalue weighted by Crippen LogP contribution is -2.64. The van der Waals surface area contributed by atoms with Gasteiger partial charge in [0.25, 0.3) is 0 Å². The number of unbranched alkanes of at least 4 members (excludes halogenated alkanes) is 30. The molecule has 20 nitrogen and oxygen atoms in total. The van der Waals surface area contributed by atoms with Gasteiger partial charge >= 0.3 is 25.9 Å². The first-order valence-electron chi connectivity index (χ1n) is 37.9. The van der Waals surface area contributed by atoms with Gasteiger partial charge in [-0.05, 0) is 57.8 Å². The van der Waals surface area contributed by atoms with Crippen LogP contribution in [0.5, 0.6) is 0 Å². The molecular formula is C76H135O20P. The van der Waals surface area contributed by atoms with Crippen LogP contribution < -0.4 is 0 Å². The average molecular weight is 1400 g/mol. The van der Waals surface area contributed by atoms with Gasteiger partial charge in [-0.25, -0.2) is 9.36 Å². The van der Waals surface area contributed by atoms with E-state index in [2.05, 4.69) is 59.6 Å². The Balaban J connectivity index is 2.65. The van der Waals surface area contributed by atoms with Crippen LogP contribution in [0.3, 0.4) is 0 Å². The van der Waals surface area contributed by atoms with Crippen molar-refractivity contribution >= 4 is 31.7 Å². The Kier molecular flexibility index (Phi) is 55.7. The monoisotopic (exact) mass is 1400 g/mol. The average Bonchev–Trinajstić information content (AvgIpc) is 0.787. The van der Waals surface area contributed by atoms with Crippen molar-refractivity contribution in [2.75, 3.05) is 60.5 Å². The number of carbonyl (C=O) groups is 4. The molecule has 0 amide bonds. The zero-order valence-electron chi connectivity index (χ0n) is 61.2. The van der Waals surface area contributed by atoms with Gasteiger partial charge < -0.3 is 57.2 Å². The van der Waals surface area contributed by atoms with E-state index < -0.39 is 100 Å². The van der Waals surface area contributed by atoms with Crippen molar-refractivity contribution in [2.45, 2.75) is 352 Å². The number of aliphatic hydroxyl groups is 1. The van der Waals surface area contributed by atoms with Crippen LogP contribution in [0.15, 0.2) is 50.1 Å². The molecule has 0 aromatic rings. The molecule has 2 rings (SSSR count). The summed E-state index contributed by atoms with van der Waals surface area (Å²) in [5.41, 5.74) is 0. The number of aliphatic hydroxyl groups excluding tert-OH is 1. The number of allylic oxidation sites excluding steroid dienone is 2. The number of methoxy groups -OCH3 is 2. The fraction of sp³-hybridized carbons (Fsp3) is 0.842. The van der Waals surface area contributed by atoms with E-state index in [4.69, 9.17) is 65.7 Å². The molecule has 1 unspecified atom stereocenters. The second-order valence-corrected chi connectivity index (χ2v) is 27.7. The van der Waals surface area contributed by atoms with E-state index in [0.29, 0.717) is 25.7 Å². The molecule has 2 heterocycles. The topological polar surface area (TPSA) is 235 Å². The third-order valence-corrected chi connectivity index (χ3v) is 19.0. The number of hydrogen-bond acceptors (Lipinski definition) is 20. The summed E-state index contributed by atoms with van der Waals surface area (Å²) in [7, 11) is -1.43. The van der Waals surface area contributed by atoms with Crippen molar-refractivity contribution < 1.29 is 94.5 Å². The number of phosphoric ester groups is 1. The van der Waals surface area contributed by atoms with E-state index in [9.17, 15) is 28.8 Å². The summed E-state index contributed by atoms with van der Waals surface area (Å²) < 4.78 is 101. The van der Waals surface area contributed by atoms with E-state index in [1.54, 1.807) is 7.11 Å². The first-order chi connectivity index (χ1) is 47.3. The predicted molar refractivity (Wildman–Crippen MR) is 380 cm³/mol. The minimum Gasteiger partial charge on any atom is -0.454 e. The van der Waals surface area contributed by atoms with Gasteiger partial charge in [-0.15, -0.1) is 13.2 Å². The molecule has 0 radical (unpaired) electrons. The second-order valence-electron chi connectivity index (χ2n) is 26.0. The summed E-state index contributed by atoms with van der Waals surface area (Å²) in [6.45, 7) is 18.6. The Morgan fingerprint density at radius 1 is 0.474 bits per heavy atom. The summed E-state index contributed by atoms with van der Waals surface area (Å²) in [4.78, 5) is 55.1. The van der Waals surface area contributed by atoms with Gasteiger partial charge in [0.2, 0.25) is 0 Å². The summed E-state index contributed by atoms with van der Waals surface area (Å²) >= 11 is 0. The number of ether oxygens (including phenoxy) is 11. The summed E-state index contributed by atoms with van der Waals surface area (Å²) in [6.07, 6.45) is 30.4. The van der Waals surface area contributed by atoms with Gasteiger partial charge in [0.05, 0.1) is 32.5 Å². The third-order valence-electron chi connectivity index (χ3n) is 17.6. The molecule has 2 saturated heterocycles. The predicted octanol–water partition coefficient (Wildman–Crippen LogP) is 18.1. The molecule has 11 atom stereocenters. The molecule has 0 bridgehead atoms. The molecule has 2 aliphatic heterocycles. The first-order valence-corrected chi connectivity index (χ1v) is 39.4. The Morgan fingerprint density at radius 3 is 1.49 bits per heavy atom. The number of Topliss-reactive ketones (excluding diaryl/α,β-unsaturated/α-hetero) is 1. The fourth-order valence-electron chi connectivity index (χ4n) is 12.0. The lowest BCUT2D eigenvalue weighted by Gasteiger charge is -2.47. The van der Waals surface area contributed by atoms with Crippen LogP contribution in [0, 0.1) is 0 Å². The van der Waals surface area contributed by atoms with E-state index >= 15 is 0 Å². The normalized spacial score (nSPS) is 21.5. The van der Waals surface area contributed by atoms with Gasteiger partial charge in [-0.1, -0.05) is 244 Å². The zero-order chi connectivity index (χ0) is 70.8. The highest BCUT2D eigenvalue weighted by molar-refractivity contribution is 7.48. The minimum absolute atomic E-state index is 0.0304. The van der Waals surface area contributed by atoms with Crippen molar-refractivity contribution in [2.24, 2.45) is 0 Å². The van der Waals surface area contributed by atoms with Crippen LogP contribution in [-0.2, 0) is 84.6 Å². The Morgan fingerprint density at radius 2 is 0.948 bits per heavy atom. The number of phosphoric acid groups is 1. The minimum atomic E-state index is -4.52. The highest BCUT2D eigenvalue weighted by Gasteiger charge is 2.55. The Hall–Kier alpha value is -3.37. The van der Waals surface area contributed by atoms with E-state index in [-0.39, 0.29) is 64.4 Å². The van der Waals surface area contributed by atoms with E-state index in [1.807, 2.05) is 0 Å². The highest BCUT2D eigenvalue weighted by Crippen LogP contribution is 2.53. The molecule has 0 aromatic carbocycles. The SMILES string of the molecule is C=CCOC(=O)O[C@H]1[C@H](OCCCCCCCCCC)[C@@H](OC(=O)CC(=O)CCCCCCCCCCC)C(O)O[C@@H]1CO[C@@H]1O[C@H](COC)[C@@H](OP(=O)(OCC=C)OCC=C)[C@H](OCC[C@@H](CCCCCCC)OC)[C@H]1OC(=O)CCCCCCCCCC=CCCCCCC. The molecule has 1 N–H and O–H groups in total. The third kappa shape index (κ3) is 42.6. The van der Waals surface area contributed by atoms with Crippen molar-refractivity contribution in [1.82, 2.24) is 0 Å². The zero-order valence-corrected chi connectivity index (χ0v) is 62.1. The van der Waals surface area contributed by atoms with Gasteiger partial charge in [0.1, 0.15) is 49.3 Å². The molecule has 2 fully saturated rings. The van der Waals surface area contributed by atoms with Gasteiger partial charge in [0.15, 0.2) is 30.9 Å². The molecule has 564 valence electrons. The molecular weight excluding hydrogens is 1260 g/mol. The van der Waals surface area contributed by atoms with Crippen LogP contribution in [-0.4, -0.2) is 157 Å². The van der Waals surface area contributed by atoms with Crippen LogP contribution >= 0.6 is 7.82 Å². The van der Waals surface area contributed by atoms with Crippen LogP contribution in [0.1, 0.15) is 285 Å². The molecule has 0 aromatic heterocycles. The number of ketones is 1. The smallest absolute Gasteiger partial charge is 0.454 e. The van der Waals surface area contributed by atoms with Crippen LogP contribution in [0.25, 0.3) is 0 Å². The second kappa shape index (κ2) is 60.2. The van der Waals surface area contributed by atoms with Gasteiger partial charge in [-0.2, -0.15) is 0 Å². The quantitative estimate of drug-likeness (QED) is 0.0149. The van der Waals surface area contributed by atoms with Crippen molar-refractivity contribution in [3.63, 3.8) is 0 Å². The van der Waals surface area contributed by atoms with E-state index in [0.717, 1.165) is 154 Å². The number of hydrogen-bond donors (Lipinski definition) is 1. The maximum Gasteiger partial charge on any atom is 0.509 e. The Labute approximate surface area is 586 Å². The van der Waals surface area contributed by atoms with E-state index in [1.165, 1.54) is 83.1 Å². The molecule has 0 aliphatic carbocycles. The lowest BCUT2D eigenvalue weighted by atomic mass is 9.97. The number of rotatable bonds is 66. The molecule has 21 heteroatoms. The van der Waals surface area contributed by atoms with Crippen molar-refractivity contribution in [3.8, 4) is 0 Å². The van der Waals surface area contributed by atoms with Crippen LogP contribution in [0.2, 0.25) is 0 Å². The number of esters is 2. The summed E-state index contributed by atoms with van der Waals surface area (Å²) in [5.74, 6) is -1.82. The van der Waals surface area contributed by atoms with Crippen LogP contribution in [0.4, 0.5) is 4.79 Å². The largest absolute Gasteiger partial charge is 0.509 e. The van der Waals surface area contributed by atoms with Crippen molar-refractivity contribution in [3.05, 3.63) is 50.1 Å².